The van der Waals surface area contributed by atoms with E-state index in [1.54, 1.807) is 4.90 Å². The van der Waals surface area contributed by atoms with Gasteiger partial charge in [-0.3, -0.25) is 0 Å². The molecule has 0 bridgehead atoms. The second-order valence-electron chi connectivity index (χ2n) is 6.35. The lowest BCUT2D eigenvalue weighted by Crippen LogP contribution is -2.39. The van der Waals surface area contributed by atoms with Crippen LogP contribution in [0.5, 0.6) is 0 Å². The van der Waals surface area contributed by atoms with Crippen molar-refractivity contribution in [3.8, 4) is 0 Å². The number of carbonyl (C=O) groups excluding carboxylic acids is 1. The summed E-state index contributed by atoms with van der Waals surface area (Å²) in [6, 6.07) is 0. The molecule has 19 heavy (non-hydrogen) atoms. The fraction of sp³-hybridized carbons (Fsp3) is 0.714. The zero-order chi connectivity index (χ0) is 13.6. The van der Waals surface area contributed by atoms with Crippen molar-refractivity contribution >= 4 is 6.09 Å². The second kappa shape index (κ2) is 4.25. The lowest BCUT2D eigenvalue weighted by atomic mass is 10.2. The van der Waals surface area contributed by atoms with Crippen molar-refractivity contribution in [3.63, 3.8) is 0 Å². The van der Waals surface area contributed by atoms with Gasteiger partial charge in [-0.15, -0.1) is 0 Å². The smallest absolute Gasteiger partial charge is 0.410 e. The maximum Gasteiger partial charge on any atom is 0.410 e. The van der Waals surface area contributed by atoms with E-state index in [1.807, 2.05) is 20.8 Å². The van der Waals surface area contributed by atoms with Crippen molar-refractivity contribution in [2.24, 2.45) is 0 Å². The highest BCUT2D eigenvalue weighted by atomic mass is 16.6. The summed E-state index contributed by atoms with van der Waals surface area (Å²) in [6.07, 6.45) is 2.81. The molecule has 0 aromatic carbocycles. The molecule has 5 heteroatoms. The van der Waals surface area contributed by atoms with Gasteiger partial charge in [0.2, 0.25) is 0 Å². The largest absolute Gasteiger partial charge is 0.445 e. The number of rotatable bonds is 1. The lowest BCUT2D eigenvalue weighted by molar-refractivity contribution is 0.0217. The van der Waals surface area contributed by atoms with Crippen LogP contribution in [0.15, 0.2) is 4.42 Å². The Bertz CT molecular complexity index is 497. The fourth-order valence-electron chi connectivity index (χ4n) is 2.21. The van der Waals surface area contributed by atoms with E-state index in [9.17, 15) is 4.79 Å². The standard InChI is InChI=1S/C14H20N2O3/c1-14(2,3)19-13(17)16-7-6-11-10(8-16)15-12(18-11)9-4-5-9/h9H,4-8H2,1-3H3. The first-order valence-electron chi connectivity index (χ1n) is 6.89. The Morgan fingerprint density at radius 2 is 2.16 bits per heavy atom. The van der Waals surface area contributed by atoms with Crippen LogP contribution in [0.4, 0.5) is 4.79 Å². The molecule has 3 rings (SSSR count). The third-order valence-corrected chi connectivity index (χ3v) is 3.32. The molecule has 1 aromatic rings. The number of hydrogen-bond acceptors (Lipinski definition) is 4. The van der Waals surface area contributed by atoms with Crippen LogP contribution >= 0.6 is 0 Å². The van der Waals surface area contributed by atoms with E-state index < -0.39 is 5.60 Å². The molecular formula is C14H20N2O3. The molecule has 0 radical (unpaired) electrons. The van der Waals surface area contributed by atoms with Gasteiger partial charge in [0.1, 0.15) is 17.1 Å². The van der Waals surface area contributed by atoms with Gasteiger partial charge in [-0.1, -0.05) is 0 Å². The number of carbonyl (C=O) groups is 1. The molecule has 0 N–H and O–H groups in total. The molecule has 1 aromatic heterocycles. The first-order valence-corrected chi connectivity index (χ1v) is 6.89. The Hall–Kier alpha value is -1.52. The monoisotopic (exact) mass is 264 g/mol. The molecule has 0 spiro atoms. The van der Waals surface area contributed by atoms with Crippen molar-refractivity contribution in [1.29, 1.82) is 0 Å². The van der Waals surface area contributed by atoms with Crippen LogP contribution in [0.2, 0.25) is 0 Å². The molecule has 104 valence electrons. The molecule has 0 atom stereocenters. The maximum atomic E-state index is 12.0. The highest BCUT2D eigenvalue weighted by Gasteiger charge is 2.33. The van der Waals surface area contributed by atoms with Crippen LogP contribution in [0.3, 0.4) is 0 Å². The van der Waals surface area contributed by atoms with Crippen molar-refractivity contribution in [2.75, 3.05) is 6.54 Å². The zero-order valence-corrected chi connectivity index (χ0v) is 11.7. The normalized spacial score (nSPS) is 19.2. The van der Waals surface area contributed by atoms with Gasteiger partial charge in [-0.05, 0) is 33.6 Å². The molecule has 2 heterocycles. The molecule has 1 saturated carbocycles. The average Bonchev–Trinajstić information content (AvgIpc) is 3.06. The lowest BCUT2D eigenvalue weighted by Gasteiger charge is -2.28. The third kappa shape index (κ3) is 2.74. The number of hydrogen-bond donors (Lipinski definition) is 0. The van der Waals surface area contributed by atoms with Crippen LogP contribution in [-0.4, -0.2) is 28.1 Å². The van der Waals surface area contributed by atoms with E-state index in [-0.39, 0.29) is 6.09 Å². The van der Waals surface area contributed by atoms with Crippen molar-refractivity contribution in [2.45, 2.75) is 58.1 Å². The summed E-state index contributed by atoms with van der Waals surface area (Å²) >= 11 is 0. The first-order chi connectivity index (χ1) is 8.92. The van der Waals surface area contributed by atoms with E-state index in [0.29, 0.717) is 19.0 Å². The van der Waals surface area contributed by atoms with Crippen LogP contribution in [0, 0.1) is 0 Å². The van der Waals surface area contributed by atoms with Crippen molar-refractivity contribution in [3.05, 3.63) is 17.3 Å². The molecule has 5 nitrogen and oxygen atoms in total. The number of nitrogens with zero attached hydrogens (tertiary/aromatic N) is 2. The minimum absolute atomic E-state index is 0.269. The molecule has 2 aliphatic rings. The summed E-state index contributed by atoms with van der Waals surface area (Å²) in [5.41, 5.74) is 0.444. The highest BCUT2D eigenvalue weighted by molar-refractivity contribution is 5.68. The number of amides is 1. The SMILES string of the molecule is CC(C)(C)OC(=O)N1CCc2oc(C3CC3)nc2C1. The van der Waals surface area contributed by atoms with E-state index in [0.717, 1.165) is 23.8 Å². The van der Waals surface area contributed by atoms with Crippen LogP contribution in [0.1, 0.15) is 56.9 Å². The predicted molar refractivity (Wildman–Crippen MR) is 68.8 cm³/mol. The minimum Gasteiger partial charge on any atom is -0.445 e. The summed E-state index contributed by atoms with van der Waals surface area (Å²) in [5.74, 6) is 2.32. The number of ether oxygens (including phenoxy) is 1. The summed E-state index contributed by atoms with van der Waals surface area (Å²) in [4.78, 5) is 18.2. The second-order valence-corrected chi connectivity index (χ2v) is 6.35. The Morgan fingerprint density at radius 1 is 1.42 bits per heavy atom. The molecular weight excluding hydrogens is 244 g/mol. The first kappa shape index (κ1) is 12.5. The maximum absolute atomic E-state index is 12.0. The quantitative estimate of drug-likeness (QED) is 0.782. The highest BCUT2D eigenvalue weighted by Crippen LogP contribution is 2.40. The topological polar surface area (TPSA) is 55.6 Å². The van der Waals surface area contributed by atoms with Gasteiger partial charge in [0.15, 0.2) is 5.89 Å². The summed E-state index contributed by atoms with van der Waals surface area (Å²) in [6.45, 7) is 6.77. The summed E-state index contributed by atoms with van der Waals surface area (Å²) in [5, 5.41) is 0. The van der Waals surface area contributed by atoms with Crippen molar-refractivity contribution < 1.29 is 13.9 Å². The summed E-state index contributed by atoms with van der Waals surface area (Å²) < 4.78 is 11.2. The average molecular weight is 264 g/mol. The Morgan fingerprint density at radius 3 is 2.79 bits per heavy atom. The Labute approximate surface area is 112 Å². The van der Waals surface area contributed by atoms with Gasteiger partial charge in [0.05, 0.1) is 6.54 Å². The van der Waals surface area contributed by atoms with Crippen LogP contribution < -0.4 is 0 Å². The van der Waals surface area contributed by atoms with Gasteiger partial charge in [0, 0.05) is 18.9 Å². The molecule has 1 fully saturated rings. The van der Waals surface area contributed by atoms with Gasteiger partial charge in [-0.25, -0.2) is 9.78 Å². The van der Waals surface area contributed by atoms with Crippen LogP contribution in [-0.2, 0) is 17.7 Å². The van der Waals surface area contributed by atoms with E-state index >= 15 is 0 Å². The van der Waals surface area contributed by atoms with Gasteiger partial charge < -0.3 is 14.1 Å². The number of oxazole rings is 1. The number of aromatic nitrogens is 1. The molecule has 1 aliphatic heterocycles. The minimum atomic E-state index is -0.458. The number of fused-ring (bicyclic) bond motifs is 1. The van der Waals surface area contributed by atoms with E-state index in [2.05, 4.69) is 4.98 Å². The van der Waals surface area contributed by atoms with Crippen LogP contribution in [0.25, 0.3) is 0 Å². The van der Waals surface area contributed by atoms with Gasteiger partial charge in [0.25, 0.3) is 0 Å². The van der Waals surface area contributed by atoms with E-state index in [4.69, 9.17) is 9.15 Å². The zero-order valence-electron chi connectivity index (χ0n) is 11.7. The summed E-state index contributed by atoms with van der Waals surface area (Å²) in [7, 11) is 0. The molecule has 0 unspecified atom stereocenters. The van der Waals surface area contributed by atoms with Crippen molar-refractivity contribution in [1.82, 2.24) is 9.88 Å². The molecule has 0 saturated heterocycles. The third-order valence-electron chi connectivity index (χ3n) is 3.32. The predicted octanol–water partition coefficient (Wildman–Crippen LogP) is 2.85. The Balaban J connectivity index is 1.69. The van der Waals surface area contributed by atoms with E-state index in [1.165, 1.54) is 12.8 Å². The molecule has 1 amide bonds. The molecule has 1 aliphatic carbocycles. The Kier molecular flexibility index (Phi) is 2.80. The van der Waals surface area contributed by atoms with Gasteiger partial charge >= 0.3 is 6.09 Å². The van der Waals surface area contributed by atoms with Gasteiger partial charge in [-0.2, -0.15) is 0 Å². The fourth-order valence-corrected chi connectivity index (χ4v) is 2.21.